The Hall–Kier alpha value is -4.34. The Labute approximate surface area is 183 Å². The minimum absolute atomic E-state index is 0.0187. The highest BCUT2D eigenvalue weighted by Crippen LogP contribution is 2.28. The van der Waals surface area contributed by atoms with Gasteiger partial charge in [0.05, 0.1) is 25.9 Å². The topological polar surface area (TPSA) is 102 Å². The van der Waals surface area contributed by atoms with E-state index < -0.39 is 5.82 Å². The first kappa shape index (κ1) is 20.9. The molecule has 10 heteroatoms. The molecule has 2 aromatic heterocycles. The molecule has 0 aliphatic heterocycles. The summed E-state index contributed by atoms with van der Waals surface area (Å²) in [5.41, 5.74) is 1.85. The van der Waals surface area contributed by atoms with Crippen LogP contribution < -0.4 is 25.4 Å². The van der Waals surface area contributed by atoms with E-state index in [9.17, 15) is 9.18 Å². The molecular weight excluding hydrogens is 415 g/mol. The van der Waals surface area contributed by atoms with Gasteiger partial charge in [-0.1, -0.05) is 6.07 Å². The summed E-state index contributed by atoms with van der Waals surface area (Å²) in [6.07, 6.45) is 2.74. The van der Waals surface area contributed by atoms with Gasteiger partial charge < -0.3 is 25.4 Å². The normalized spacial score (nSPS) is 10.6. The first-order valence-electron chi connectivity index (χ1n) is 9.63. The van der Waals surface area contributed by atoms with E-state index in [-0.39, 0.29) is 17.8 Å². The molecule has 4 aromatic rings. The van der Waals surface area contributed by atoms with Gasteiger partial charge in [0.15, 0.2) is 11.6 Å². The molecule has 2 aromatic carbocycles. The van der Waals surface area contributed by atoms with Crippen LogP contribution in [0.25, 0.3) is 10.9 Å². The maximum atomic E-state index is 14.4. The summed E-state index contributed by atoms with van der Waals surface area (Å²) in [4.78, 5) is 20.3. The smallest absolute Gasteiger partial charge is 0.325 e. The molecule has 0 spiro atoms. The molecule has 0 saturated carbocycles. The van der Waals surface area contributed by atoms with Crippen LogP contribution in [-0.4, -0.2) is 41.8 Å². The zero-order chi connectivity index (χ0) is 22.7. The number of nitrogens with zero attached hydrogens (tertiary/aromatic N) is 3. The predicted octanol–water partition coefficient (Wildman–Crippen LogP) is 4.26. The summed E-state index contributed by atoms with van der Waals surface area (Å²) in [6.45, 7) is 0. The van der Waals surface area contributed by atoms with E-state index >= 15 is 0 Å². The first-order valence-corrected chi connectivity index (χ1v) is 9.63. The standard InChI is InChI=1S/C22H21FN6O3/c1-24-22(30)29-7-6-13-4-5-14(10-19(13)29)26-20-18(23)12-25-21(28-20)27-15-8-16(31-2)11-17(9-15)32-3/h4-12H,1-3H3,(H,24,30)(H2,25,26,27,28). The van der Waals surface area contributed by atoms with Gasteiger partial charge >= 0.3 is 6.03 Å². The highest BCUT2D eigenvalue weighted by atomic mass is 19.1. The molecule has 0 fully saturated rings. The van der Waals surface area contributed by atoms with Crippen LogP contribution in [-0.2, 0) is 0 Å². The molecule has 164 valence electrons. The number of benzene rings is 2. The Bertz CT molecular complexity index is 1270. The number of rotatable bonds is 6. The minimum Gasteiger partial charge on any atom is -0.497 e. The van der Waals surface area contributed by atoms with E-state index in [0.717, 1.165) is 11.6 Å². The van der Waals surface area contributed by atoms with Crippen LogP contribution in [0.3, 0.4) is 0 Å². The highest BCUT2D eigenvalue weighted by Gasteiger charge is 2.12. The van der Waals surface area contributed by atoms with Crippen molar-refractivity contribution in [2.75, 3.05) is 31.9 Å². The third-order valence-electron chi connectivity index (χ3n) is 4.74. The number of hydrogen-bond acceptors (Lipinski definition) is 7. The van der Waals surface area contributed by atoms with Crippen molar-refractivity contribution in [2.45, 2.75) is 0 Å². The highest BCUT2D eigenvalue weighted by molar-refractivity contribution is 5.93. The van der Waals surface area contributed by atoms with Gasteiger partial charge in [-0.25, -0.2) is 14.2 Å². The number of halogens is 1. The lowest BCUT2D eigenvalue weighted by atomic mass is 10.2. The van der Waals surface area contributed by atoms with Crippen molar-refractivity contribution >= 4 is 40.1 Å². The van der Waals surface area contributed by atoms with E-state index in [4.69, 9.17) is 9.47 Å². The number of carbonyl (C=O) groups is 1. The predicted molar refractivity (Wildman–Crippen MR) is 120 cm³/mol. The van der Waals surface area contributed by atoms with Crippen LogP contribution >= 0.6 is 0 Å². The van der Waals surface area contributed by atoms with Gasteiger partial charge in [-0.2, -0.15) is 4.98 Å². The molecule has 0 atom stereocenters. The van der Waals surface area contributed by atoms with Gasteiger partial charge in [0.25, 0.3) is 0 Å². The van der Waals surface area contributed by atoms with Crippen molar-refractivity contribution < 1.29 is 18.7 Å². The van der Waals surface area contributed by atoms with Crippen molar-refractivity contribution in [1.82, 2.24) is 19.9 Å². The maximum Gasteiger partial charge on any atom is 0.325 e. The Morgan fingerprint density at radius 2 is 1.75 bits per heavy atom. The Balaban J connectivity index is 1.62. The first-order chi connectivity index (χ1) is 15.5. The molecule has 1 amide bonds. The van der Waals surface area contributed by atoms with Gasteiger partial charge in [-0.05, 0) is 18.2 Å². The van der Waals surface area contributed by atoms with Crippen molar-refractivity contribution in [2.24, 2.45) is 0 Å². The zero-order valence-electron chi connectivity index (χ0n) is 17.6. The lowest BCUT2D eigenvalue weighted by Crippen LogP contribution is -2.23. The average Bonchev–Trinajstić information content (AvgIpc) is 3.23. The second-order valence-corrected chi connectivity index (χ2v) is 6.76. The van der Waals surface area contributed by atoms with Crippen molar-refractivity contribution in [3.8, 4) is 11.5 Å². The molecule has 32 heavy (non-hydrogen) atoms. The summed E-state index contributed by atoms with van der Waals surface area (Å²) in [5, 5.41) is 9.42. The van der Waals surface area contributed by atoms with Crippen LogP contribution in [0.2, 0.25) is 0 Å². The summed E-state index contributed by atoms with van der Waals surface area (Å²) in [7, 11) is 4.65. The summed E-state index contributed by atoms with van der Waals surface area (Å²) >= 11 is 0. The number of ether oxygens (including phenoxy) is 2. The Morgan fingerprint density at radius 1 is 1.00 bits per heavy atom. The van der Waals surface area contributed by atoms with Gasteiger partial charge in [0.1, 0.15) is 11.5 Å². The number of methoxy groups -OCH3 is 2. The van der Waals surface area contributed by atoms with Gasteiger partial charge in [-0.15, -0.1) is 0 Å². The van der Waals surface area contributed by atoms with Gasteiger partial charge in [0.2, 0.25) is 5.95 Å². The largest absolute Gasteiger partial charge is 0.497 e. The molecule has 4 rings (SSSR count). The van der Waals surface area contributed by atoms with Crippen molar-refractivity contribution in [3.63, 3.8) is 0 Å². The van der Waals surface area contributed by atoms with E-state index in [0.29, 0.717) is 28.4 Å². The van der Waals surface area contributed by atoms with E-state index in [1.807, 2.05) is 12.1 Å². The van der Waals surface area contributed by atoms with Crippen LogP contribution in [0.15, 0.2) is 54.9 Å². The quantitative estimate of drug-likeness (QED) is 0.415. The molecule has 3 N–H and O–H groups in total. The van der Waals surface area contributed by atoms with E-state index in [1.54, 1.807) is 57.8 Å². The van der Waals surface area contributed by atoms with Gasteiger partial charge in [0, 0.05) is 48.2 Å². The van der Waals surface area contributed by atoms with E-state index in [2.05, 4.69) is 25.9 Å². The summed E-state index contributed by atoms with van der Waals surface area (Å²) in [5.74, 6) is 0.703. The molecule has 2 heterocycles. The molecule has 0 aliphatic rings. The fourth-order valence-electron chi connectivity index (χ4n) is 3.16. The third-order valence-corrected chi connectivity index (χ3v) is 4.74. The van der Waals surface area contributed by atoms with Crippen molar-refractivity contribution in [3.05, 3.63) is 60.7 Å². The second-order valence-electron chi connectivity index (χ2n) is 6.76. The number of hydrogen-bond donors (Lipinski definition) is 3. The molecular formula is C22H21FN6O3. The van der Waals surface area contributed by atoms with Crippen LogP contribution in [0, 0.1) is 5.82 Å². The number of fused-ring (bicyclic) bond motifs is 1. The lowest BCUT2D eigenvalue weighted by Gasteiger charge is -2.12. The molecule has 9 nitrogen and oxygen atoms in total. The third kappa shape index (κ3) is 4.24. The van der Waals surface area contributed by atoms with Crippen LogP contribution in [0.1, 0.15) is 0 Å². The SMILES string of the molecule is CNC(=O)n1ccc2ccc(Nc3nc(Nc4cc(OC)cc(OC)c4)ncc3F)cc21. The van der Waals surface area contributed by atoms with Crippen molar-refractivity contribution in [1.29, 1.82) is 0 Å². The van der Waals surface area contributed by atoms with Crippen LogP contribution in [0.5, 0.6) is 11.5 Å². The number of amides is 1. The Morgan fingerprint density at radius 3 is 2.44 bits per heavy atom. The average molecular weight is 436 g/mol. The molecule has 0 unspecified atom stereocenters. The van der Waals surface area contributed by atoms with E-state index in [1.165, 1.54) is 4.57 Å². The second kappa shape index (κ2) is 8.80. The fraction of sp³-hybridized carbons (Fsp3) is 0.136. The molecule has 0 bridgehead atoms. The summed E-state index contributed by atoms with van der Waals surface area (Å²) < 4.78 is 26.4. The number of carbonyl (C=O) groups excluding carboxylic acids is 1. The number of nitrogens with one attached hydrogen (secondary N) is 3. The maximum absolute atomic E-state index is 14.4. The minimum atomic E-state index is -0.624. The molecule has 0 radical (unpaired) electrons. The Kier molecular flexibility index (Phi) is 5.75. The number of anilines is 4. The lowest BCUT2D eigenvalue weighted by molar-refractivity contribution is 0.245. The summed E-state index contributed by atoms with van der Waals surface area (Å²) in [6, 6.07) is 12.1. The number of aromatic nitrogens is 3. The molecule has 0 saturated heterocycles. The fourth-order valence-corrected chi connectivity index (χ4v) is 3.16. The van der Waals surface area contributed by atoms with Crippen LogP contribution in [0.4, 0.5) is 32.3 Å². The van der Waals surface area contributed by atoms with Gasteiger partial charge in [-0.3, -0.25) is 4.57 Å². The zero-order valence-corrected chi connectivity index (χ0v) is 17.6. The molecule has 0 aliphatic carbocycles. The monoisotopic (exact) mass is 436 g/mol.